The van der Waals surface area contributed by atoms with E-state index in [1.54, 1.807) is 44.5 Å². The van der Waals surface area contributed by atoms with Crippen LogP contribution >= 0.6 is 34.0 Å². The molecule has 0 N–H and O–H groups in total. The van der Waals surface area contributed by atoms with Gasteiger partial charge in [-0.1, -0.05) is 55.0 Å². The van der Waals surface area contributed by atoms with E-state index in [9.17, 15) is 13.2 Å². The quantitative estimate of drug-likeness (QED) is 0.123. The fourth-order valence-corrected chi connectivity index (χ4v) is 8.15. The Labute approximate surface area is 225 Å². The van der Waals surface area contributed by atoms with E-state index in [4.69, 9.17) is 0 Å². The van der Waals surface area contributed by atoms with Gasteiger partial charge in [0.2, 0.25) is 0 Å². The largest absolute Gasteiger partial charge is 0.302 e. The molecule has 0 aliphatic heterocycles. The Morgan fingerprint density at radius 3 is 1.94 bits per heavy atom. The Hall–Kier alpha value is -2.14. The third-order valence-corrected chi connectivity index (χ3v) is 10.9. The summed E-state index contributed by atoms with van der Waals surface area (Å²) in [6, 6.07) is 21.2. The van der Waals surface area contributed by atoms with E-state index in [-0.39, 0.29) is 6.04 Å². The topological polar surface area (TPSA) is 57.7 Å². The summed E-state index contributed by atoms with van der Waals surface area (Å²) in [5.74, 6) is 0. The molecule has 3 heterocycles. The maximum Gasteiger partial charge on any atom is 0.252 e. The molecule has 0 saturated carbocycles. The van der Waals surface area contributed by atoms with Crippen LogP contribution in [0, 0.1) is 0 Å². The van der Waals surface area contributed by atoms with E-state index in [2.05, 4.69) is 27.8 Å². The molecule has 1 aromatic carbocycles. The lowest BCUT2D eigenvalue weighted by atomic mass is 10.1. The van der Waals surface area contributed by atoms with Crippen molar-refractivity contribution in [3.63, 3.8) is 0 Å². The Bertz CT molecular complexity index is 1220. The fourth-order valence-electron chi connectivity index (χ4n) is 4.08. The highest BCUT2D eigenvalue weighted by Crippen LogP contribution is 2.24. The van der Waals surface area contributed by atoms with Gasteiger partial charge < -0.3 is 4.79 Å². The standard InChI is InChI=1S/C27H30N2O3S4/c30-22-24(28(20-25-12-6-16-33-25)21-26-13-7-17-34-26)11-4-5-15-29(19-23-9-2-1-3-10-23)36(31,32)27-14-8-18-35-27/h1-3,6-10,12-14,16-18,22,24H,4-5,11,15,19-21H2. The van der Waals surface area contributed by atoms with Crippen LogP contribution in [-0.4, -0.2) is 36.5 Å². The number of aldehydes is 1. The van der Waals surface area contributed by atoms with Crippen LogP contribution in [-0.2, 0) is 34.5 Å². The minimum absolute atomic E-state index is 0.217. The SMILES string of the molecule is O=CC(CCCCN(Cc1ccccc1)S(=O)(=O)c1cccs1)N(Cc1cccs1)Cc1cccs1. The zero-order chi connectivity index (χ0) is 25.2. The monoisotopic (exact) mass is 558 g/mol. The van der Waals surface area contributed by atoms with E-state index < -0.39 is 10.0 Å². The Morgan fingerprint density at radius 2 is 1.39 bits per heavy atom. The maximum atomic E-state index is 13.3. The first-order valence-electron chi connectivity index (χ1n) is 11.9. The molecule has 0 aliphatic carbocycles. The minimum atomic E-state index is -3.57. The lowest BCUT2D eigenvalue weighted by molar-refractivity contribution is -0.113. The number of hydrogen-bond donors (Lipinski definition) is 0. The predicted molar refractivity (Wildman–Crippen MR) is 150 cm³/mol. The molecule has 0 amide bonds. The third kappa shape index (κ3) is 7.44. The van der Waals surface area contributed by atoms with Crippen LogP contribution in [0.3, 0.4) is 0 Å². The molecule has 0 spiro atoms. The molecule has 0 fully saturated rings. The van der Waals surface area contributed by atoms with Gasteiger partial charge in [0.1, 0.15) is 10.5 Å². The maximum absolute atomic E-state index is 13.3. The number of nitrogens with zero attached hydrogens (tertiary/aromatic N) is 2. The number of thiophene rings is 3. The van der Waals surface area contributed by atoms with Gasteiger partial charge in [0.05, 0.1) is 6.04 Å². The summed E-state index contributed by atoms with van der Waals surface area (Å²) >= 11 is 4.64. The van der Waals surface area contributed by atoms with Crippen molar-refractivity contribution < 1.29 is 13.2 Å². The smallest absolute Gasteiger partial charge is 0.252 e. The van der Waals surface area contributed by atoms with Crippen LogP contribution < -0.4 is 0 Å². The normalized spacial score (nSPS) is 12.8. The molecule has 0 aliphatic rings. The molecule has 190 valence electrons. The molecule has 0 radical (unpaired) electrons. The molecule has 1 unspecified atom stereocenters. The van der Waals surface area contributed by atoms with Crippen molar-refractivity contribution >= 4 is 50.3 Å². The zero-order valence-electron chi connectivity index (χ0n) is 19.9. The van der Waals surface area contributed by atoms with Crippen LogP contribution in [0.25, 0.3) is 0 Å². The van der Waals surface area contributed by atoms with Gasteiger partial charge in [-0.15, -0.1) is 34.0 Å². The van der Waals surface area contributed by atoms with Crippen molar-refractivity contribution in [2.24, 2.45) is 0 Å². The molecule has 3 aromatic heterocycles. The van der Waals surface area contributed by atoms with Gasteiger partial charge in [0.15, 0.2) is 0 Å². The van der Waals surface area contributed by atoms with E-state index in [1.807, 2.05) is 42.5 Å². The van der Waals surface area contributed by atoms with E-state index in [0.717, 1.165) is 31.4 Å². The molecule has 5 nitrogen and oxygen atoms in total. The lowest BCUT2D eigenvalue weighted by Crippen LogP contribution is -2.35. The van der Waals surface area contributed by atoms with Crippen LogP contribution in [0.5, 0.6) is 0 Å². The zero-order valence-corrected chi connectivity index (χ0v) is 23.2. The van der Waals surface area contributed by atoms with Crippen molar-refractivity contribution in [1.82, 2.24) is 9.21 Å². The highest BCUT2D eigenvalue weighted by molar-refractivity contribution is 7.91. The second kappa shape index (κ2) is 13.4. The summed E-state index contributed by atoms with van der Waals surface area (Å²) in [4.78, 5) is 16.8. The molecule has 4 rings (SSSR count). The van der Waals surface area contributed by atoms with E-state index >= 15 is 0 Å². The summed E-state index contributed by atoms with van der Waals surface area (Å²) < 4.78 is 28.6. The molecule has 1 atom stereocenters. The number of carbonyl (C=O) groups is 1. The number of sulfonamides is 1. The third-order valence-electron chi connectivity index (χ3n) is 5.95. The first kappa shape index (κ1) is 26.9. The number of unbranched alkanes of at least 4 members (excludes halogenated alkanes) is 1. The molecule has 4 aromatic rings. The summed E-state index contributed by atoms with van der Waals surface area (Å²) in [5.41, 5.74) is 0.960. The van der Waals surface area contributed by atoms with Crippen LogP contribution in [0.2, 0.25) is 0 Å². The summed E-state index contributed by atoms with van der Waals surface area (Å²) in [7, 11) is -3.57. The Kier molecular flexibility index (Phi) is 10.0. The van der Waals surface area contributed by atoms with Gasteiger partial charge in [-0.25, -0.2) is 8.42 Å². The second-order valence-electron chi connectivity index (χ2n) is 8.52. The molecule has 36 heavy (non-hydrogen) atoms. The van der Waals surface area contributed by atoms with Crippen molar-refractivity contribution in [2.45, 2.75) is 49.1 Å². The predicted octanol–water partition coefficient (Wildman–Crippen LogP) is 6.50. The van der Waals surface area contributed by atoms with Crippen LogP contribution in [0.4, 0.5) is 0 Å². The highest BCUT2D eigenvalue weighted by atomic mass is 32.2. The highest BCUT2D eigenvalue weighted by Gasteiger charge is 2.26. The van der Waals surface area contributed by atoms with Gasteiger partial charge in [0.25, 0.3) is 10.0 Å². The van der Waals surface area contributed by atoms with Gasteiger partial charge in [-0.05, 0) is 52.7 Å². The number of carbonyl (C=O) groups excluding carboxylic acids is 1. The average molecular weight is 559 g/mol. The van der Waals surface area contributed by atoms with Crippen molar-refractivity contribution in [1.29, 1.82) is 0 Å². The molecule has 0 saturated heterocycles. The summed E-state index contributed by atoms with van der Waals surface area (Å²) in [6.45, 7) is 2.20. The van der Waals surface area contributed by atoms with Gasteiger partial charge >= 0.3 is 0 Å². The van der Waals surface area contributed by atoms with E-state index in [0.29, 0.717) is 30.1 Å². The fraction of sp³-hybridized carbons (Fsp3) is 0.296. The number of rotatable bonds is 15. The second-order valence-corrected chi connectivity index (χ2v) is 13.7. The summed E-state index contributed by atoms with van der Waals surface area (Å²) in [6.07, 6.45) is 3.19. The van der Waals surface area contributed by atoms with Gasteiger partial charge in [-0.3, -0.25) is 4.90 Å². The Balaban J connectivity index is 1.40. The van der Waals surface area contributed by atoms with E-state index in [1.165, 1.54) is 21.1 Å². The van der Waals surface area contributed by atoms with Gasteiger partial charge in [0, 0.05) is 35.9 Å². The molecular weight excluding hydrogens is 529 g/mol. The lowest BCUT2D eigenvalue weighted by Gasteiger charge is -2.28. The van der Waals surface area contributed by atoms with Crippen LogP contribution in [0.15, 0.2) is 87.1 Å². The van der Waals surface area contributed by atoms with Crippen molar-refractivity contribution in [2.75, 3.05) is 6.54 Å². The average Bonchev–Trinajstić information content (AvgIpc) is 3.68. The number of hydrogen-bond acceptors (Lipinski definition) is 7. The van der Waals surface area contributed by atoms with Crippen molar-refractivity contribution in [3.8, 4) is 0 Å². The Morgan fingerprint density at radius 1 is 0.750 bits per heavy atom. The number of benzene rings is 1. The summed E-state index contributed by atoms with van der Waals surface area (Å²) in [5, 5.41) is 5.91. The van der Waals surface area contributed by atoms with Crippen molar-refractivity contribution in [3.05, 3.63) is 98.2 Å². The molecular formula is C27H30N2O3S4. The first-order valence-corrected chi connectivity index (χ1v) is 16.0. The minimum Gasteiger partial charge on any atom is -0.302 e. The van der Waals surface area contributed by atoms with Crippen LogP contribution in [0.1, 0.15) is 34.6 Å². The molecule has 9 heteroatoms. The molecule has 0 bridgehead atoms. The first-order chi connectivity index (χ1) is 17.6. The van der Waals surface area contributed by atoms with Gasteiger partial charge in [-0.2, -0.15) is 4.31 Å².